The van der Waals surface area contributed by atoms with Crippen molar-refractivity contribution in [2.45, 2.75) is 64.3 Å². The van der Waals surface area contributed by atoms with E-state index in [1.54, 1.807) is 0 Å². The fraction of sp³-hybridized carbons (Fsp3) is 0.933. The lowest BCUT2D eigenvalue weighted by atomic mass is 9.70. The second-order valence-corrected chi connectivity index (χ2v) is 6.57. The lowest BCUT2D eigenvalue weighted by Crippen LogP contribution is -2.51. The largest absolute Gasteiger partial charge is 0.481 e. The number of carboxylic acids is 1. The zero-order valence-corrected chi connectivity index (χ0v) is 11.8. The van der Waals surface area contributed by atoms with E-state index < -0.39 is 5.97 Å². The molecule has 1 saturated heterocycles. The van der Waals surface area contributed by atoms with Gasteiger partial charge in [0.15, 0.2) is 0 Å². The predicted molar refractivity (Wildman–Crippen MR) is 72.6 cm³/mol. The fourth-order valence-electron chi connectivity index (χ4n) is 3.92. The van der Waals surface area contributed by atoms with Crippen molar-refractivity contribution in [3.63, 3.8) is 0 Å². The number of carboxylic acid groups (broad SMARTS) is 1. The van der Waals surface area contributed by atoms with E-state index in [0.29, 0.717) is 6.42 Å². The summed E-state index contributed by atoms with van der Waals surface area (Å²) in [6.07, 6.45) is 7.43. The fourth-order valence-corrected chi connectivity index (χ4v) is 3.92. The molecule has 0 amide bonds. The molecule has 0 atom stereocenters. The van der Waals surface area contributed by atoms with Gasteiger partial charge in [0, 0.05) is 5.54 Å². The van der Waals surface area contributed by atoms with Crippen molar-refractivity contribution in [3.05, 3.63) is 0 Å². The zero-order valence-electron chi connectivity index (χ0n) is 11.8. The molecular formula is C15H27NO2. The maximum atomic E-state index is 11.2. The summed E-state index contributed by atoms with van der Waals surface area (Å²) in [6.45, 7) is 6.81. The van der Waals surface area contributed by atoms with Crippen molar-refractivity contribution in [2.75, 3.05) is 13.1 Å². The number of likely N-dealkylation sites (tertiary alicyclic amines) is 1. The minimum atomic E-state index is -0.620. The maximum absolute atomic E-state index is 11.2. The summed E-state index contributed by atoms with van der Waals surface area (Å²) in [4.78, 5) is 13.7. The highest BCUT2D eigenvalue weighted by molar-refractivity contribution is 5.68. The third-order valence-corrected chi connectivity index (χ3v) is 5.16. The number of carbonyl (C=O) groups is 1. The molecule has 0 aromatic rings. The van der Waals surface area contributed by atoms with E-state index in [-0.39, 0.29) is 5.54 Å². The van der Waals surface area contributed by atoms with E-state index in [1.807, 2.05) is 0 Å². The molecule has 104 valence electrons. The van der Waals surface area contributed by atoms with Crippen LogP contribution < -0.4 is 0 Å². The number of nitrogens with zero attached hydrogens (tertiary/aromatic N) is 1. The van der Waals surface area contributed by atoms with Crippen LogP contribution in [-0.2, 0) is 4.79 Å². The first kappa shape index (κ1) is 13.9. The second kappa shape index (κ2) is 5.60. The predicted octanol–water partition coefficient (Wildman–Crippen LogP) is 3.14. The van der Waals surface area contributed by atoms with Gasteiger partial charge >= 0.3 is 5.97 Å². The van der Waals surface area contributed by atoms with Crippen LogP contribution in [-0.4, -0.2) is 34.6 Å². The molecule has 0 radical (unpaired) electrons. The molecule has 18 heavy (non-hydrogen) atoms. The Bertz CT molecular complexity index is 287. The van der Waals surface area contributed by atoms with Gasteiger partial charge in [-0.1, -0.05) is 13.8 Å². The smallest absolute Gasteiger partial charge is 0.305 e. The lowest BCUT2D eigenvalue weighted by molar-refractivity contribution is -0.141. The zero-order chi connectivity index (χ0) is 13.2. The van der Waals surface area contributed by atoms with Gasteiger partial charge in [-0.2, -0.15) is 0 Å². The number of aliphatic carboxylic acids is 1. The minimum absolute atomic E-state index is 0.0201. The van der Waals surface area contributed by atoms with Gasteiger partial charge in [0.1, 0.15) is 0 Å². The molecular weight excluding hydrogens is 226 g/mol. The first-order valence-electron chi connectivity index (χ1n) is 7.50. The second-order valence-electron chi connectivity index (χ2n) is 6.57. The molecule has 1 N–H and O–H groups in total. The monoisotopic (exact) mass is 253 g/mol. The van der Waals surface area contributed by atoms with Crippen LogP contribution in [0.3, 0.4) is 0 Å². The topological polar surface area (TPSA) is 40.5 Å². The average molecular weight is 253 g/mol. The maximum Gasteiger partial charge on any atom is 0.305 e. The van der Waals surface area contributed by atoms with Crippen molar-refractivity contribution < 1.29 is 9.90 Å². The molecule has 1 aliphatic heterocycles. The van der Waals surface area contributed by atoms with Crippen LogP contribution in [0.2, 0.25) is 0 Å². The van der Waals surface area contributed by atoms with Gasteiger partial charge in [0.25, 0.3) is 0 Å². The highest BCUT2D eigenvalue weighted by Crippen LogP contribution is 2.42. The van der Waals surface area contributed by atoms with E-state index in [4.69, 9.17) is 0 Å². The minimum Gasteiger partial charge on any atom is -0.481 e. The van der Waals surface area contributed by atoms with Crippen LogP contribution in [0.4, 0.5) is 0 Å². The van der Waals surface area contributed by atoms with Gasteiger partial charge in [0.05, 0.1) is 6.42 Å². The molecule has 0 aromatic carbocycles. The Morgan fingerprint density at radius 3 is 2.28 bits per heavy atom. The van der Waals surface area contributed by atoms with Gasteiger partial charge in [-0.15, -0.1) is 0 Å². The first-order chi connectivity index (χ1) is 8.53. The van der Waals surface area contributed by atoms with Crippen LogP contribution in [0.15, 0.2) is 0 Å². The Hall–Kier alpha value is -0.570. The van der Waals surface area contributed by atoms with E-state index in [9.17, 15) is 9.90 Å². The summed E-state index contributed by atoms with van der Waals surface area (Å²) in [5.41, 5.74) is -0.0201. The summed E-state index contributed by atoms with van der Waals surface area (Å²) in [5.74, 6) is 0.922. The Kier molecular flexibility index (Phi) is 4.31. The van der Waals surface area contributed by atoms with Gasteiger partial charge in [-0.05, 0) is 63.5 Å². The van der Waals surface area contributed by atoms with E-state index in [1.165, 1.54) is 25.7 Å². The molecule has 2 fully saturated rings. The Morgan fingerprint density at radius 2 is 1.83 bits per heavy atom. The SMILES string of the molecule is CC(C)C1CCC(CC(=O)O)(N2CCCC2)CC1. The van der Waals surface area contributed by atoms with Crippen LogP contribution in [0.1, 0.15) is 58.8 Å². The quantitative estimate of drug-likeness (QED) is 0.836. The molecule has 2 rings (SSSR count). The van der Waals surface area contributed by atoms with E-state index in [0.717, 1.165) is 37.8 Å². The van der Waals surface area contributed by atoms with Crippen molar-refractivity contribution in [1.29, 1.82) is 0 Å². The summed E-state index contributed by atoms with van der Waals surface area (Å²) < 4.78 is 0. The van der Waals surface area contributed by atoms with Crippen LogP contribution in [0.25, 0.3) is 0 Å². The molecule has 0 spiro atoms. The molecule has 1 heterocycles. The normalized spacial score (nSPS) is 34.1. The van der Waals surface area contributed by atoms with Crippen LogP contribution >= 0.6 is 0 Å². The average Bonchev–Trinajstić information content (AvgIpc) is 2.82. The summed E-state index contributed by atoms with van der Waals surface area (Å²) in [5, 5.41) is 9.24. The van der Waals surface area contributed by atoms with E-state index in [2.05, 4.69) is 18.7 Å². The van der Waals surface area contributed by atoms with Gasteiger partial charge < -0.3 is 5.11 Å². The Morgan fingerprint density at radius 1 is 1.28 bits per heavy atom. The molecule has 0 bridgehead atoms. The first-order valence-corrected chi connectivity index (χ1v) is 7.50. The third-order valence-electron chi connectivity index (χ3n) is 5.16. The van der Waals surface area contributed by atoms with E-state index >= 15 is 0 Å². The highest BCUT2D eigenvalue weighted by atomic mass is 16.4. The van der Waals surface area contributed by atoms with Gasteiger partial charge in [-0.3, -0.25) is 9.69 Å². The summed E-state index contributed by atoms with van der Waals surface area (Å²) in [6, 6.07) is 0. The molecule has 1 aliphatic carbocycles. The van der Waals surface area contributed by atoms with Crippen LogP contribution in [0.5, 0.6) is 0 Å². The summed E-state index contributed by atoms with van der Waals surface area (Å²) >= 11 is 0. The van der Waals surface area contributed by atoms with Crippen molar-refractivity contribution >= 4 is 5.97 Å². The van der Waals surface area contributed by atoms with Crippen molar-refractivity contribution in [1.82, 2.24) is 4.90 Å². The molecule has 3 heteroatoms. The number of hydrogen-bond donors (Lipinski definition) is 1. The third kappa shape index (κ3) is 2.87. The summed E-state index contributed by atoms with van der Waals surface area (Å²) in [7, 11) is 0. The molecule has 3 nitrogen and oxygen atoms in total. The molecule has 0 unspecified atom stereocenters. The van der Waals surface area contributed by atoms with Crippen molar-refractivity contribution in [3.8, 4) is 0 Å². The van der Waals surface area contributed by atoms with Crippen LogP contribution in [0, 0.1) is 11.8 Å². The number of hydrogen-bond acceptors (Lipinski definition) is 2. The van der Waals surface area contributed by atoms with Crippen molar-refractivity contribution in [2.24, 2.45) is 11.8 Å². The van der Waals surface area contributed by atoms with Gasteiger partial charge in [-0.25, -0.2) is 0 Å². The van der Waals surface area contributed by atoms with Gasteiger partial charge in [0.2, 0.25) is 0 Å². The number of rotatable bonds is 4. The standard InChI is InChI=1S/C15H27NO2/c1-12(2)13-5-7-15(8-6-13,11-14(17)18)16-9-3-4-10-16/h12-13H,3-11H2,1-2H3,(H,17,18). The Balaban J connectivity index is 2.05. The molecule has 2 aliphatic rings. The molecule has 1 saturated carbocycles. The highest BCUT2D eigenvalue weighted by Gasteiger charge is 2.43. The molecule has 0 aromatic heterocycles. The Labute approximate surface area is 111 Å². The lowest BCUT2D eigenvalue weighted by Gasteiger charge is -2.46.